The molecular formula is C20H19N3O4S. The second-order valence-corrected chi connectivity index (χ2v) is 7.33. The number of thioether (sulfide) groups is 1. The molecule has 2 N–H and O–H groups in total. The first-order valence-corrected chi connectivity index (χ1v) is 9.47. The van der Waals surface area contributed by atoms with Gasteiger partial charge in [-0.15, -0.1) is 5.10 Å². The van der Waals surface area contributed by atoms with Crippen LogP contribution in [0.1, 0.15) is 23.1 Å². The summed E-state index contributed by atoms with van der Waals surface area (Å²) in [5.74, 6) is -0.595. The van der Waals surface area contributed by atoms with Crippen LogP contribution in [0.2, 0.25) is 0 Å². The van der Waals surface area contributed by atoms with Crippen molar-refractivity contribution in [2.24, 2.45) is 10.2 Å². The zero-order chi connectivity index (χ0) is 19.9. The van der Waals surface area contributed by atoms with Gasteiger partial charge in [-0.3, -0.25) is 9.59 Å². The molecule has 1 fully saturated rings. The van der Waals surface area contributed by atoms with Gasteiger partial charge in [-0.2, -0.15) is 5.10 Å². The fourth-order valence-corrected chi connectivity index (χ4v) is 3.46. The molecule has 0 radical (unpaired) electrons. The number of carbonyl (C=O) groups is 2. The summed E-state index contributed by atoms with van der Waals surface area (Å²) >= 11 is 1.07. The number of amidine groups is 1. The predicted molar refractivity (Wildman–Crippen MR) is 109 cm³/mol. The fourth-order valence-electron chi connectivity index (χ4n) is 2.54. The topological polar surface area (TPSA) is 100 Å². The number of ether oxygens (including phenoxy) is 1. The third-order valence-electron chi connectivity index (χ3n) is 3.93. The minimum absolute atomic E-state index is 0.247. The standard InChI is InChI=1S/C20H19N3O4S/c1-13-9-15(7-8-16(13)27-12-14-5-3-2-4-6-14)11-21-23-20-22-19(26)17(28-20)10-18(24)25/h2-9,11,17H,10,12H2,1H3,(H,24,25)(H,22,23,26). The van der Waals surface area contributed by atoms with Crippen molar-refractivity contribution in [2.45, 2.75) is 25.2 Å². The van der Waals surface area contributed by atoms with Gasteiger partial charge < -0.3 is 15.2 Å². The molecule has 3 rings (SSSR count). The first-order valence-electron chi connectivity index (χ1n) is 8.59. The molecule has 2 aromatic carbocycles. The van der Waals surface area contributed by atoms with Crippen molar-refractivity contribution in [1.29, 1.82) is 0 Å². The van der Waals surface area contributed by atoms with E-state index < -0.39 is 11.2 Å². The Morgan fingerprint density at radius 2 is 2.07 bits per heavy atom. The number of nitrogens with one attached hydrogen (secondary N) is 1. The van der Waals surface area contributed by atoms with Crippen molar-refractivity contribution >= 4 is 35.0 Å². The average Bonchev–Trinajstić information content (AvgIpc) is 3.00. The van der Waals surface area contributed by atoms with Crippen LogP contribution in [0, 0.1) is 6.92 Å². The van der Waals surface area contributed by atoms with Gasteiger partial charge in [0.15, 0.2) is 5.17 Å². The molecule has 0 saturated carbocycles. The number of aliphatic carboxylic acids is 1. The summed E-state index contributed by atoms with van der Waals surface area (Å²) in [6, 6.07) is 15.6. The molecule has 28 heavy (non-hydrogen) atoms. The van der Waals surface area contributed by atoms with Crippen LogP contribution in [0.5, 0.6) is 5.75 Å². The number of carboxylic acid groups (broad SMARTS) is 1. The Balaban J connectivity index is 1.58. The number of hydrogen-bond acceptors (Lipinski definition) is 6. The quantitative estimate of drug-likeness (QED) is 0.553. The van der Waals surface area contributed by atoms with E-state index in [1.807, 2.05) is 55.5 Å². The lowest BCUT2D eigenvalue weighted by Crippen LogP contribution is -2.26. The zero-order valence-electron chi connectivity index (χ0n) is 15.2. The summed E-state index contributed by atoms with van der Waals surface area (Å²) in [6.07, 6.45) is 1.32. The van der Waals surface area contributed by atoms with Gasteiger partial charge in [0, 0.05) is 0 Å². The number of carboxylic acids is 1. The van der Waals surface area contributed by atoms with E-state index in [0.29, 0.717) is 11.8 Å². The normalized spacial score (nSPS) is 17.8. The van der Waals surface area contributed by atoms with E-state index in [-0.39, 0.29) is 12.3 Å². The lowest BCUT2D eigenvalue weighted by molar-refractivity contribution is -0.138. The van der Waals surface area contributed by atoms with Gasteiger partial charge in [0.1, 0.15) is 17.6 Å². The van der Waals surface area contributed by atoms with Crippen LogP contribution >= 0.6 is 11.8 Å². The molecule has 8 heteroatoms. The van der Waals surface area contributed by atoms with Crippen molar-refractivity contribution in [3.05, 3.63) is 65.2 Å². The van der Waals surface area contributed by atoms with Crippen LogP contribution in [-0.4, -0.2) is 33.6 Å². The average molecular weight is 397 g/mol. The molecule has 0 bridgehead atoms. The van der Waals surface area contributed by atoms with Crippen molar-refractivity contribution in [1.82, 2.24) is 5.32 Å². The van der Waals surface area contributed by atoms with Crippen molar-refractivity contribution in [2.75, 3.05) is 0 Å². The van der Waals surface area contributed by atoms with Crippen LogP contribution in [0.3, 0.4) is 0 Å². The monoisotopic (exact) mass is 397 g/mol. The Morgan fingerprint density at radius 1 is 1.29 bits per heavy atom. The largest absolute Gasteiger partial charge is 0.489 e. The Labute approximate surface area is 166 Å². The second-order valence-electron chi connectivity index (χ2n) is 6.14. The third kappa shape index (κ3) is 5.43. The van der Waals surface area contributed by atoms with E-state index in [1.165, 1.54) is 0 Å². The summed E-state index contributed by atoms with van der Waals surface area (Å²) in [6.45, 7) is 2.45. The fraction of sp³-hybridized carbons (Fsp3) is 0.200. The Kier molecular flexibility index (Phi) is 6.44. The third-order valence-corrected chi connectivity index (χ3v) is 5.00. The Hall–Kier alpha value is -3.13. The maximum absolute atomic E-state index is 11.7. The number of aryl methyl sites for hydroxylation is 1. The van der Waals surface area contributed by atoms with Crippen LogP contribution in [-0.2, 0) is 16.2 Å². The molecule has 7 nitrogen and oxygen atoms in total. The lowest BCUT2D eigenvalue weighted by atomic mass is 10.1. The van der Waals surface area contributed by atoms with Gasteiger partial charge in [0.05, 0.1) is 12.6 Å². The van der Waals surface area contributed by atoms with Crippen molar-refractivity contribution in [3.8, 4) is 5.75 Å². The molecule has 1 unspecified atom stereocenters. The first-order chi connectivity index (χ1) is 13.5. The summed E-state index contributed by atoms with van der Waals surface area (Å²) in [7, 11) is 0. The zero-order valence-corrected chi connectivity index (χ0v) is 16.0. The minimum atomic E-state index is -1.03. The van der Waals surface area contributed by atoms with E-state index in [4.69, 9.17) is 9.84 Å². The van der Waals surface area contributed by atoms with Crippen LogP contribution < -0.4 is 10.1 Å². The number of carbonyl (C=O) groups excluding carboxylic acids is 1. The molecule has 1 aliphatic heterocycles. The van der Waals surface area contributed by atoms with Gasteiger partial charge in [0.25, 0.3) is 0 Å². The minimum Gasteiger partial charge on any atom is -0.489 e. The number of amides is 1. The van der Waals surface area contributed by atoms with Gasteiger partial charge in [-0.05, 0) is 41.8 Å². The van der Waals surface area contributed by atoms with Crippen LogP contribution in [0.4, 0.5) is 0 Å². The summed E-state index contributed by atoms with van der Waals surface area (Å²) in [5.41, 5.74) is 2.91. The lowest BCUT2D eigenvalue weighted by Gasteiger charge is -2.09. The maximum atomic E-state index is 11.7. The highest BCUT2D eigenvalue weighted by atomic mass is 32.2. The Morgan fingerprint density at radius 3 is 2.79 bits per heavy atom. The molecule has 1 aliphatic rings. The molecule has 0 spiro atoms. The van der Waals surface area contributed by atoms with E-state index in [0.717, 1.165) is 34.2 Å². The molecular weight excluding hydrogens is 378 g/mol. The SMILES string of the molecule is Cc1cc(C=NN=C2NC(=O)C(CC(=O)O)S2)ccc1OCc1ccccc1. The van der Waals surface area contributed by atoms with E-state index in [9.17, 15) is 9.59 Å². The van der Waals surface area contributed by atoms with Crippen LogP contribution in [0.25, 0.3) is 0 Å². The number of benzene rings is 2. The van der Waals surface area contributed by atoms with E-state index >= 15 is 0 Å². The summed E-state index contributed by atoms with van der Waals surface area (Å²) < 4.78 is 5.85. The Bertz CT molecular complexity index is 928. The molecule has 144 valence electrons. The highest BCUT2D eigenvalue weighted by molar-refractivity contribution is 8.15. The van der Waals surface area contributed by atoms with E-state index in [2.05, 4.69) is 15.5 Å². The molecule has 0 aliphatic carbocycles. The molecule has 2 aromatic rings. The van der Waals surface area contributed by atoms with Crippen molar-refractivity contribution in [3.63, 3.8) is 0 Å². The first kappa shape index (κ1) is 19.6. The van der Waals surface area contributed by atoms with Gasteiger partial charge in [0.2, 0.25) is 5.91 Å². The summed E-state index contributed by atoms with van der Waals surface area (Å²) in [4.78, 5) is 22.4. The molecule has 1 atom stereocenters. The van der Waals surface area contributed by atoms with Crippen LogP contribution in [0.15, 0.2) is 58.7 Å². The number of rotatable bonds is 7. The van der Waals surface area contributed by atoms with Gasteiger partial charge in [-0.25, -0.2) is 0 Å². The number of hydrogen-bond donors (Lipinski definition) is 2. The van der Waals surface area contributed by atoms with E-state index in [1.54, 1.807) is 6.21 Å². The second kappa shape index (κ2) is 9.18. The highest BCUT2D eigenvalue weighted by Gasteiger charge is 2.32. The molecule has 1 amide bonds. The molecule has 1 heterocycles. The smallest absolute Gasteiger partial charge is 0.305 e. The van der Waals surface area contributed by atoms with Gasteiger partial charge in [-0.1, -0.05) is 42.1 Å². The highest BCUT2D eigenvalue weighted by Crippen LogP contribution is 2.22. The van der Waals surface area contributed by atoms with Crippen molar-refractivity contribution < 1.29 is 19.4 Å². The molecule has 0 aromatic heterocycles. The van der Waals surface area contributed by atoms with Gasteiger partial charge >= 0.3 is 5.97 Å². The number of nitrogens with zero attached hydrogens (tertiary/aromatic N) is 2. The predicted octanol–water partition coefficient (Wildman–Crippen LogP) is 2.97. The summed E-state index contributed by atoms with van der Waals surface area (Å²) in [5, 5.41) is 18.9. The maximum Gasteiger partial charge on any atom is 0.305 e. The molecule has 1 saturated heterocycles.